The average molecular weight is 693 g/mol. The molecule has 5 amide bonds. The molecule has 0 spiro atoms. The summed E-state index contributed by atoms with van der Waals surface area (Å²) >= 11 is 8.31. The number of nitrogens with one attached hydrogen (secondary N) is 5. The number of aromatic amines is 1. The van der Waals surface area contributed by atoms with Crippen molar-refractivity contribution < 1.29 is 33.9 Å². The van der Waals surface area contributed by atoms with Gasteiger partial charge >= 0.3 is 5.97 Å². The Morgan fingerprint density at radius 3 is 2.32 bits per heavy atom. The number of thiol groups is 2. The highest BCUT2D eigenvalue weighted by Gasteiger charge is 2.36. The van der Waals surface area contributed by atoms with Crippen molar-refractivity contribution in [3.05, 3.63) is 36.0 Å². The van der Waals surface area contributed by atoms with Gasteiger partial charge in [0.05, 0.1) is 12.6 Å². The smallest absolute Gasteiger partial charge is 0.326 e. The van der Waals surface area contributed by atoms with Crippen LogP contribution in [0.3, 0.4) is 0 Å². The van der Waals surface area contributed by atoms with Crippen LogP contribution in [-0.2, 0) is 35.2 Å². The summed E-state index contributed by atoms with van der Waals surface area (Å²) < 4.78 is 0. The number of amides is 5. The molecule has 1 fully saturated rings. The van der Waals surface area contributed by atoms with E-state index in [4.69, 9.17) is 11.5 Å². The topological polar surface area (TPSA) is 242 Å². The second kappa shape index (κ2) is 18.5. The van der Waals surface area contributed by atoms with Gasteiger partial charge in [0.1, 0.15) is 24.2 Å². The summed E-state index contributed by atoms with van der Waals surface area (Å²) in [4.78, 5) is 80.6. The van der Waals surface area contributed by atoms with E-state index in [1.54, 1.807) is 6.20 Å². The molecular formula is C30H44N8O7S2. The van der Waals surface area contributed by atoms with Gasteiger partial charge in [-0.25, -0.2) is 4.79 Å². The van der Waals surface area contributed by atoms with E-state index < -0.39 is 72.3 Å². The second-order valence-corrected chi connectivity index (χ2v) is 12.0. The van der Waals surface area contributed by atoms with Gasteiger partial charge in [0, 0.05) is 35.2 Å². The van der Waals surface area contributed by atoms with Crippen LogP contribution in [0.1, 0.15) is 37.7 Å². The highest BCUT2D eigenvalue weighted by Crippen LogP contribution is 2.19. The Morgan fingerprint density at radius 1 is 0.957 bits per heavy atom. The normalized spacial score (nSPS) is 16.9. The number of likely N-dealkylation sites (tertiary alicyclic amines) is 1. The van der Waals surface area contributed by atoms with Crippen molar-refractivity contribution in [3.8, 4) is 0 Å². The number of carbonyl (C=O) groups excluding carboxylic acids is 5. The first-order valence-corrected chi connectivity index (χ1v) is 16.7. The maximum absolute atomic E-state index is 13.1. The number of nitrogens with two attached hydrogens (primary N) is 2. The monoisotopic (exact) mass is 692 g/mol. The van der Waals surface area contributed by atoms with Crippen molar-refractivity contribution in [2.75, 3.05) is 31.1 Å². The van der Waals surface area contributed by atoms with Crippen LogP contribution in [-0.4, -0.2) is 112 Å². The summed E-state index contributed by atoms with van der Waals surface area (Å²) in [5.74, 6) is -4.41. The molecule has 1 aliphatic heterocycles. The zero-order valence-corrected chi connectivity index (χ0v) is 27.7. The Balaban J connectivity index is 1.50. The van der Waals surface area contributed by atoms with Gasteiger partial charge in [0.25, 0.3) is 0 Å². The molecule has 47 heavy (non-hydrogen) atoms. The predicted molar refractivity (Wildman–Crippen MR) is 182 cm³/mol. The minimum Gasteiger partial charge on any atom is -0.480 e. The highest BCUT2D eigenvalue weighted by atomic mass is 32.1. The van der Waals surface area contributed by atoms with E-state index >= 15 is 0 Å². The fraction of sp³-hybridized carbons (Fsp3) is 0.533. The fourth-order valence-electron chi connectivity index (χ4n) is 5.31. The van der Waals surface area contributed by atoms with Gasteiger partial charge in [0.2, 0.25) is 29.5 Å². The number of aromatic nitrogens is 1. The lowest BCUT2D eigenvalue weighted by Gasteiger charge is -2.27. The molecule has 10 N–H and O–H groups in total. The highest BCUT2D eigenvalue weighted by molar-refractivity contribution is 7.80. The second-order valence-electron chi connectivity index (χ2n) is 11.3. The fourth-order valence-corrected chi connectivity index (χ4v) is 5.83. The predicted octanol–water partition coefficient (Wildman–Crippen LogP) is -1.33. The van der Waals surface area contributed by atoms with Crippen LogP contribution in [0.4, 0.5) is 0 Å². The molecule has 0 saturated carbocycles. The third kappa shape index (κ3) is 10.6. The van der Waals surface area contributed by atoms with Crippen LogP contribution in [0.25, 0.3) is 10.9 Å². The number of aliphatic carboxylic acids is 1. The van der Waals surface area contributed by atoms with E-state index in [2.05, 4.69) is 51.5 Å². The summed E-state index contributed by atoms with van der Waals surface area (Å²) in [6, 6.07) is 2.40. The number of nitrogens with zero attached hydrogens (tertiary/aromatic N) is 1. The summed E-state index contributed by atoms with van der Waals surface area (Å²) in [5.41, 5.74) is 13.4. The Morgan fingerprint density at radius 2 is 1.64 bits per heavy atom. The Hall–Kier alpha value is -3.80. The molecule has 0 aliphatic carbocycles. The van der Waals surface area contributed by atoms with Gasteiger partial charge in [-0.2, -0.15) is 25.3 Å². The molecule has 15 nitrogen and oxygen atoms in total. The van der Waals surface area contributed by atoms with Crippen LogP contribution >= 0.6 is 25.3 Å². The maximum Gasteiger partial charge on any atom is 0.326 e. The SMILES string of the molecule is NCCCC[C@H](NC(=O)[C@H](CS)NC(=O)[C@@H]1CCCN1C(=O)CNC(=O)[C@H](CS)NC(=O)[C@@H](N)Cc1c[nH]c2ccccc12)C(=O)O. The number of carboxylic acids is 1. The molecule has 1 aliphatic rings. The van der Waals surface area contributed by atoms with Crippen molar-refractivity contribution in [2.45, 2.75) is 68.7 Å². The van der Waals surface area contributed by atoms with Crippen LogP contribution < -0.4 is 32.7 Å². The zero-order chi connectivity index (χ0) is 34.5. The van der Waals surface area contributed by atoms with E-state index in [1.807, 2.05) is 24.3 Å². The van der Waals surface area contributed by atoms with Crippen LogP contribution in [0, 0.1) is 0 Å². The van der Waals surface area contributed by atoms with Gasteiger partial charge in [-0.1, -0.05) is 18.2 Å². The van der Waals surface area contributed by atoms with Crippen molar-refractivity contribution in [3.63, 3.8) is 0 Å². The lowest BCUT2D eigenvalue weighted by Crippen LogP contribution is -2.57. The number of carbonyl (C=O) groups is 6. The quantitative estimate of drug-likeness (QED) is 0.0657. The van der Waals surface area contributed by atoms with E-state index in [1.165, 1.54) is 4.90 Å². The lowest BCUT2D eigenvalue weighted by atomic mass is 10.0. The molecule has 0 unspecified atom stereocenters. The number of hydrogen-bond donors (Lipinski definition) is 10. The molecule has 3 rings (SSSR count). The third-order valence-corrected chi connectivity index (χ3v) is 8.66. The summed E-state index contributed by atoms with van der Waals surface area (Å²) in [6.07, 6.45) is 4.14. The van der Waals surface area contributed by atoms with Crippen molar-refractivity contribution in [2.24, 2.45) is 11.5 Å². The summed E-state index contributed by atoms with van der Waals surface area (Å²) in [7, 11) is 0. The van der Waals surface area contributed by atoms with Crippen LogP contribution in [0.5, 0.6) is 0 Å². The Kier molecular flexibility index (Phi) is 14.8. The van der Waals surface area contributed by atoms with Gasteiger partial charge in [0.15, 0.2) is 0 Å². The summed E-state index contributed by atoms with van der Waals surface area (Å²) in [5, 5.41) is 20.5. The minimum absolute atomic E-state index is 0.0523. The Labute approximate surface area is 283 Å². The number of H-pyrrole nitrogens is 1. The van der Waals surface area contributed by atoms with E-state index in [0.717, 1.165) is 16.5 Å². The average Bonchev–Trinajstić information content (AvgIpc) is 3.72. The van der Waals surface area contributed by atoms with Gasteiger partial charge in [-0.05, 0) is 56.7 Å². The van der Waals surface area contributed by atoms with Crippen molar-refractivity contribution in [1.29, 1.82) is 0 Å². The number of unbranched alkanes of at least 4 members (excludes halogenated alkanes) is 1. The minimum atomic E-state index is -1.21. The molecule has 5 atom stereocenters. The van der Waals surface area contributed by atoms with Gasteiger partial charge < -0.3 is 47.7 Å². The first-order valence-electron chi connectivity index (χ1n) is 15.4. The van der Waals surface area contributed by atoms with Crippen LogP contribution in [0.15, 0.2) is 30.5 Å². The zero-order valence-electron chi connectivity index (χ0n) is 25.9. The largest absolute Gasteiger partial charge is 0.480 e. The molecule has 0 radical (unpaired) electrons. The lowest BCUT2D eigenvalue weighted by molar-refractivity contribution is -0.143. The number of hydrogen-bond acceptors (Lipinski definition) is 10. The van der Waals surface area contributed by atoms with E-state index in [0.29, 0.717) is 32.2 Å². The maximum atomic E-state index is 13.1. The molecule has 0 bridgehead atoms. The summed E-state index contributed by atoms with van der Waals surface area (Å²) in [6.45, 7) is 0.204. The van der Waals surface area contributed by atoms with E-state index in [9.17, 15) is 33.9 Å². The first-order chi connectivity index (χ1) is 22.5. The molecule has 1 aromatic carbocycles. The third-order valence-electron chi connectivity index (χ3n) is 7.93. The number of benzene rings is 1. The number of para-hydroxylation sites is 1. The van der Waals surface area contributed by atoms with Crippen molar-refractivity contribution >= 4 is 71.7 Å². The molecule has 17 heteroatoms. The van der Waals surface area contributed by atoms with Gasteiger partial charge in [-0.15, -0.1) is 0 Å². The van der Waals surface area contributed by atoms with E-state index in [-0.39, 0.29) is 30.9 Å². The van der Waals surface area contributed by atoms with Gasteiger partial charge in [-0.3, -0.25) is 24.0 Å². The molecule has 1 saturated heterocycles. The number of carboxylic acid groups (broad SMARTS) is 1. The first kappa shape index (κ1) is 37.7. The molecule has 258 valence electrons. The standard InChI is InChI=1S/C30H44N8O7S2/c31-10-4-3-8-21(30(44)45)35-28(42)23(16-47)37-29(43)24-9-5-11-38(24)25(39)14-34-27(41)22(15-46)36-26(40)19(32)12-17-13-33-20-7-2-1-6-18(17)20/h1-2,6-7,13,19,21-24,33,46-47H,3-5,8-12,14-16,31-32H2,(H,34,41)(H,35,42)(H,36,40)(H,37,43)(H,44,45)/t19-,21-,22-,23-,24-/m0/s1. The van der Waals surface area contributed by atoms with Crippen molar-refractivity contribution in [1.82, 2.24) is 31.2 Å². The molecule has 2 aromatic rings. The molecular weight excluding hydrogens is 649 g/mol. The number of rotatable bonds is 18. The number of fused-ring (bicyclic) bond motifs is 1. The Bertz CT molecular complexity index is 1420. The van der Waals surface area contributed by atoms with Crippen LogP contribution in [0.2, 0.25) is 0 Å². The molecule has 1 aromatic heterocycles. The molecule has 2 heterocycles.